The maximum Gasteiger partial charge on any atom is 0.248 e. The van der Waals surface area contributed by atoms with Crippen LogP contribution in [0.4, 0.5) is 5.69 Å². The minimum atomic E-state index is -0.0373. The summed E-state index contributed by atoms with van der Waals surface area (Å²) >= 11 is 0. The number of aromatic nitrogens is 1. The van der Waals surface area contributed by atoms with Crippen LogP contribution in [0.5, 0.6) is 0 Å². The summed E-state index contributed by atoms with van der Waals surface area (Å²) < 4.78 is 0. The van der Waals surface area contributed by atoms with Crippen LogP contribution in [0, 0.1) is 6.42 Å². The quantitative estimate of drug-likeness (QED) is 0.699. The summed E-state index contributed by atoms with van der Waals surface area (Å²) in [5, 5.41) is 0. The standard InChI is InChI=1S/C10H13N2O/c13-10-5-4-9(8-11-10)12-6-2-1-3-7-12/h2,4-5,8H,1,3,6-7H2,(H,11,13). The molecular weight excluding hydrogens is 164 g/mol. The third-order valence-electron chi connectivity index (χ3n) is 2.32. The summed E-state index contributed by atoms with van der Waals surface area (Å²) in [7, 11) is 0. The van der Waals surface area contributed by atoms with Crippen LogP contribution in [-0.2, 0) is 0 Å². The third kappa shape index (κ3) is 1.91. The molecule has 2 rings (SSSR count). The second kappa shape index (κ2) is 3.64. The van der Waals surface area contributed by atoms with Crippen LogP contribution < -0.4 is 10.5 Å². The molecule has 1 aliphatic rings. The van der Waals surface area contributed by atoms with E-state index in [-0.39, 0.29) is 5.56 Å². The summed E-state index contributed by atoms with van der Waals surface area (Å²) in [5.74, 6) is 0. The molecule has 0 saturated carbocycles. The van der Waals surface area contributed by atoms with Gasteiger partial charge in [-0.15, -0.1) is 0 Å². The number of rotatable bonds is 1. The molecule has 1 radical (unpaired) electrons. The van der Waals surface area contributed by atoms with Crippen molar-refractivity contribution < 1.29 is 0 Å². The number of pyridine rings is 1. The fourth-order valence-electron chi connectivity index (χ4n) is 1.60. The van der Waals surface area contributed by atoms with Gasteiger partial charge in [-0.1, -0.05) is 0 Å². The number of hydrogen-bond donors (Lipinski definition) is 1. The molecule has 0 unspecified atom stereocenters. The zero-order chi connectivity index (χ0) is 9.10. The van der Waals surface area contributed by atoms with Crippen molar-refractivity contribution >= 4 is 5.69 Å². The van der Waals surface area contributed by atoms with Gasteiger partial charge in [-0.05, 0) is 25.3 Å². The fourth-order valence-corrected chi connectivity index (χ4v) is 1.60. The molecule has 1 aromatic rings. The van der Waals surface area contributed by atoms with Crippen molar-refractivity contribution in [1.82, 2.24) is 4.98 Å². The molecule has 0 amide bonds. The maximum absolute atomic E-state index is 10.8. The molecule has 13 heavy (non-hydrogen) atoms. The van der Waals surface area contributed by atoms with Crippen LogP contribution in [0.25, 0.3) is 0 Å². The minimum absolute atomic E-state index is 0.0373. The van der Waals surface area contributed by atoms with Gasteiger partial charge in [-0.25, -0.2) is 0 Å². The summed E-state index contributed by atoms with van der Waals surface area (Å²) in [6, 6.07) is 3.45. The average Bonchev–Trinajstić information content (AvgIpc) is 2.20. The van der Waals surface area contributed by atoms with E-state index in [1.54, 1.807) is 12.3 Å². The van der Waals surface area contributed by atoms with E-state index in [2.05, 4.69) is 16.3 Å². The molecule has 2 heterocycles. The van der Waals surface area contributed by atoms with Crippen molar-refractivity contribution in [1.29, 1.82) is 0 Å². The Kier molecular flexibility index (Phi) is 2.34. The lowest BCUT2D eigenvalue weighted by molar-refractivity contribution is 0.670. The first-order valence-corrected chi connectivity index (χ1v) is 4.61. The van der Waals surface area contributed by atoms with Gasteiger partial charge < -0.3 is 9.88 Å². The lowest BCUT2D eigenvalue weighted by atomic mass is 10.1. The number of hydrogen-bond acceptors (Lipinski definition) is 2. The number of piperidine rings is 1. The fraction of sp³-hybridized carbons (Fsp3) is 0.400. The Bertz CT molecular complexity index is 305. The van der Waals surface area contributed by atoms with Gasteiger partial charge in [0, 0.05) is 25.4 Å². The molecule has 0 bridgehead atoms. The van der Waals surface area contributed by atoms with Crippen molar-refractivity contribution in [3.63, 3.8) is 0 Å². The molecule has 1 saturated heterocycles. The van der Waals surface area contributed by atoms with Gasteiger partial charge in [0.2, 0.25) is 5.56 Å². The first-order valence-electron chi connectivity index (χ1n) is 4.61. The smallest absolute Gasteiger partial charge is 0.248 e. The van der Waals surface area contributed by atoms with Crippen LogP contribution in [-0.4, -0.2) is 18.1 Å². The normalized spacial score (nSPS) is 17.4. The molecule has 0 aliphatic carbocycles. The predicted octanol–water partition coefficient (Wildman–Crippen LogP) is 1.18. The van der Waals surface area contributed by atoms with Crippen LogP contribution in [0.1, 0.15) is 12.8 Å². The van der Waals surface area contributed by atoms with Crippen molar-refractivity contribution in [3.8, 4) is 0 Å². The van der Waals surface area contributed by atoms with Crippen molar-refractivity contribution in [2.75, 3.05) is 18.0 Å². The third-order valence-corrected chi connectivity index (χ3v) is 2.32. The van der Waals surface area contributed by atoms with Gasteiger partial charge in [-0.3, -0.25) is 4.79 Å². The van der Waals surface area contributed by atoms with Crippen molar-refractivity contribution in [3.05, 3.63) is 35.1 Å². The lowest BCUT2D eigenvalue weighted by Crippen LogP contribution is -2.30. The molecule has 1 N–H and O–H groups in total. The Balaban J connectivity index is 2.14. The van der Waals surface area contributed by atoms with Gasteiger partial charge >= 0.3 is 0 Å². The monoisotopic (exact) mass is 177 g/mol. The molecule has 0 atom stereocenters. The first kappa shape index (κ1) is 8.35. The van der Waals surface area contributed by atoms with Gasteiger partial charge in [0.05, 0.1) is 5.69 Å². The van der Waals surface area contributed by atoms with E-state index >= 15 is 0 Å². The zero-order valence-corrected chi connectivity index (χ0v) is 7.49. The van der Waals surface area contributed by atoms with Crippen LogP contribution in [0.2, 0.25) is 0 Å². The Morgan fingerprint density at radius 2 is 2.31 bits per heavy atom. The van der Waals surface area contributed by atoms with E-state index in [0.29, 0.717) is 0 Å². The largest absolute Gasteiger partial charge is 0.370 e. The van der Waals surface area contributed by atoms with Gasteiger partial charge in [-0.2, -0.15) is 0 Å². The number of nitrogens with one attached hydrogen (secondary N) is 1. The van der Waals surface area contributed by atoms with Crippen LogP contribution in [0.3, 0.4) is 0 Å². The van der Waals surface area contributed by atoms with E-state index in [1.165, 1.54) is 12.8 Å². The molecule has 3 nitrogen and oxygen atoms in total. The average molecular weight is 177 g/mol. The molecule has 0 spiro atoms. The zero-order valence-electron chi connectivity index (χ0n) is 7.49. The Morgan fingerprint density at radius 3 is 2.92 bits per heavy atom. The molecule has 3 heteroatoms. The van der Waals surface area contributed by atoms with Gasteiger partial charge in [0.15, 0.2) is 0 Å². The van der Waals surface area contributed by atoms with E-state index in [1.807, 2.05) is 6.07 Å². The van der Waals surface area contributed by atoms with E-state index in [4.69, 9.17) is 0 Å². The highest BCUT2D eigenvalue weighted by Gasteiger charge is 2.10. The SMILES string of the molecule is O=c1ccc(N2C[CH]CCC2)c[nH]1. The summed E-state index contributed by atoms with van der Waals surface area (Å²) in [5.41, 5.74) is 1.07. The van der Waals surface area contributed by atoms with Gasteiger partial charge in [0.25, 0.3) is 0 Å². The molecule has 0 aromatic carbocycles. The molecule has 69 valence electrons. The van der Waals surface area contributed by atoms with Crippen LogP contribution in [0.15, 0.2) is 23.1 Å². The molecule has 1 aromatic heterocycles. The highest BCUT2D eigenvalue weighted by atomic mass is 16.1. The Hall–Kier alpha value is -1.25. The summed E-state index contributed by atoms with van der Waals surface area (Å²) in [4.78, 5) is 15.8. The highest BCUT2D eigenvalue weighted by Crippen LogP contribution is 2.16. The van der Waals surface area contributed by atoms with Crippen molar-refractivity contribution in [2.45, 2.75) is 12.8 Å². The second-order valence-corrected chi connectivity index (χ2v) is 3.29. The summed E-state index contributed by atoms with van der Waals surface area (Å²) in [6.45, 7) is 2.08. The Morgan fingerprint density at radius 1 is 1.38 bits per heavy atom. The minimum Gasteiger partial charge on any atom is -0.370 e. The number of nitrogens with zero attached hydrogens (tertiary/aromatic N) is 1. The number of H-pyrrole nitrogens is 1. The number of anilines is 1. The molecule has 1 fully saturated rings. The maximum atomic E-state index is 10.8. The number of aromatic amines is 1. The lowest BCUT2D eigenvalue weighted by Gasteiger charge is -2.28. The van der Waals surface area contributed by atoms with E-state index in [0.717, 1.165) is 18.8 Å². The molecule has 1 aliphatic heterocycles. The van der Waals surface area contributed by atoms with Gasteiger partial charge in [0.1, 0.15) is 0 Å². The first-order chi connectivity index (χ1) is 6.36. The van der Waals surface area contributed by atoms with Crippen molar-refractivity contribution in [2.24, 2.45) is 0 Å². The molecular formula is C10H13N2O. The highest BCUT2D eigenvalue weighted by molar-refractivity contribution is 5.44. The second-order valence-electron chi connectivity index (χ2n) is 3.29. The summed E-state index contributed by atoms with van der Waals surface area (Å²) in [6.07, 6.45) is 6.47. The van der Waals surface area contributed by atoms with Crippen LogP contribution >= 0.6 is 0 Å². The Labute approximate surface area is 77.4 Å². The predicted molar refractivity (Wildman–Crippen MR) is 52.8 cm³/mol. The topological polar surface area (TPSA) is 36.1 Å². The van der Waals surface area contributed by atoms with E-state index < -0.39 is 0 Å². The van der Waals surface area contributed by atoms with E-state index in [9.17, 15) is 4.79 Å².